The number of benzene rings is 10. The van der Waals surface area contributed by atoms with Crippen LogP contribution in [0.4, 0.5) is 17.1 Å². The summed E-state index contributed by atoms with van der Waals surface area (Å²) in [6.07, 6.45) is 0. The van der Waals surface area contributed by atoms with Crippen molar-refractivity contribution in [1.82, 2.24) is 9.97 Å². The fourth-order valence-corrected chi connectivity index (χ4v) is 10.8. The molecule has 0 N–H and O–H groups in total. The first kappa shape index (κ1) is 39.4. The highest BCUT2D eigenvalue weighted by atomic mass is 15.2. The van der Waals surface area contributed by atoms with Crippen molar-refractivity contribution in [3.63, 3.8) is 0 Å². The Kier molecular flexibility index (Phi) is 9.40. The lowest BCUT2D eigenvalue weighted by Crippen LogP contribution is -2.36. The fourth-order valence-electron chi connectivity index (χ4n) is 10.8. The van der Waals surface area contributed by atoms with E-state index in [9.17, 15) is 0 Å². The van der Waals surface area contributed by atoms with E-state index in [4.69, 9.17) is 9.97 Å². The van der Waals surface area contributed by atoms with Gasteiger partial charge in [-0.25, -0.2) is 9.97 Å². The molecule has 11 aromatic rings. The van der Waals surface area contributed by atoms with Crippen molar-refractivity contribution in [2.45, 2.75) is 5.41 Å². The van der Waals surface area contributed by atoms with Crippen LogP contribution < -0.4 is 4.90 Å². The van der Waals surface area contributed by atoms with E-state index in [1.54, 1.807) is 0 Å². The molecule has 13 rings (SSSR count). The molecule has 2 aliphatic rings. The van der Waals surface area contributed by atoms with E-state index >= 15 is 0 Å². The van der Waals surface area contributed by atoms with Gasteiger partial charge in [-0.3, -0.25) is 0 Å². The second-order valence-corrected chi connectivity index (χ2v) is 17.7. The molecule has 1 aliphatic carbocycles. The van der Waals surface area contributed by atoms with Gasteiger partial charge in [0, 0.05) is 22.4 Å². The van der Waals surface area contributed by atoms with Gasteiger partial charge in [-0.1, -0.05) is 218 Å². The van der Waals surface area contributed by atoms with Crippen LogP contribution in [0.3, 0.4) is 0 Å². The molecule has 68 heavy (non-hydrogen) atoms. The Morgan fingerprint density at radius 2 is 0.676 bits per heavy atom. The Bertz CT molecular complexity index is 3610. The average molecular weight is 866 g/mol. The Hall–Kier alpha value is -8.92. The maximum atomic E-state index is 5.13. The molecule has 0 atom stereocenters. The van der Waals surface area contributed by atoms with Gasteiger partial charge in [0.05, 0.1) is 28.2 Å². The van der Waals surface area contributed by atoms with Crippen LogP contribution in [-0.4, -0.2) is 9.97 Å². The van der Waals surface area contributed by atoms with Crippen LogP contribution in [0.25, 0.3) is 78.4 Å². The summed E-state index contributed by atoms with van der Waals surface area (Å²) in [5.41, 5.74) is 22.7. The van der Waals surface area contributed by atoms with Gasteiger partial charge in [-0.2, -0.15) is 0 Å². The fraction of sp³-hybridized carbons (Fsp3) is 0.0154. The second kappa shape index (κ2) is 16.2. The van der Waals surface area contributed by atoms with Crippen molar-refractivity contribution < 1.29 is 0 Å². The van der Waals surface area contributed by atoms with E-state index in [1.165, 1.54) is 67.0 Å². The molecule has 0 fully saturated rings. The largest absolute Gasteiger partial charge is 0.310 e. The van der Waals surface area contributed by atoms with Crippen LogP contribution >= 0.6 is 0 Å². The molecule has 3 nitrogen and oxygen atoms in total. The summed E-state index contributed by atoms with van der Waals surface area (Å²) in [5, 5.41) is 0. The molecule has 10 aromatic carbocycles. The van der Waals surface area contributed by atoms with Crippen molar-refractivity contribution in [2.75, 3.05) is 4.90 Å². The second-order valence-electron chi connectivity index (χ2n) is 17.7. The minimum Gasteiger partial charge on any atom is -0.310 e. The zero-order chi connectivity index (χ0) is 45.0. The normalized spacial score (nSPS) is 12.8. The first-order chi connectivity index (χ1) is 33.7. The minimum atomic E-state index is -0.513. The van der Waals surface area contributed by atoms with Crippen molar-refractivity contribution in [3.05, 3.63) is 283 Å². The predicted molar refractivity (Wildman–Crippen MR) is 280 cm³/mol. The Labute approximate surface area is 397 Å². The summed E-state index contributed by atoms with van der Waals surface area (Å²) in [7, 11) is 0. The van der Waals surface area contributed by atoms with E-state index in [2.05, 4.69) is 241 Å². The predicted octanol–water partition coefficient (Wildman–Crippen LogP) is 16.6. The first-order valence-corrected chi connectivity index (χ1v) is 23.3. The maximum Gasteiger partial charge on any atom is 0.160 e. The van der Waals surface area contributed by atoms with E-state index in [0.717, 1.165) is 44.9 Å². The Morgan fingerprint density at radius 1 is 0.265 bits per heavy atom. The van der Waals surface area contributed by atoms with Gasteiger partial charge >= 0.3 is 0 Å². The van der Waals surface area contributed by atoms with Gasteiger partial charge in [0.25, 0.3) is 0 Å². The van der Waals surface area contributed by atoms with Crippen LogP contribution in [-0.2, 0) is 5.41 Å². The third-order valence-corrected chi connectivity index (χ3v) is 13.9. The number of aromatic nitrogens is 2. The van der Waals surface area contributed by atoms with E-state index in [0.29, 0.717) is 5.82 Å². The van der Waals surface area contributed by atoms with E-state index < -0.39 is 5.41 Å². The van der Waals surface area contributed by atoms with Crippen molar-refractivity contribution in [2.24, 2.45) is 0 Å². The van der Waals surface area contributed by atoms with Crippen LogP contribution in [0.2, 0.25) is 0 Å². The molecule has 1 aromatic heterocycles. The molecule has 0 saturated carbocycles. The summed E-state index contributed by atoms with van der Waals surface area (Å²) in [5.74, 6) is 0.704. The van der Waals surface area contributed by atoms with Crippen LogP contribution in [0.1, 0.15) is 22.3 Å². The van der Waals surface area contributed by atoms with Crippen molar-refractivity contribution in [3.8, 4) is 78.4 Å². The highest BCUT2D eigenvalue weighted by Crippen LogP contribution is 2.63. The molecular weight excluding hydrogens is 823 g/mol. The average Bonchev–Trinajstić information content (AvgIpc) is 3.71. The molecule has 0 radical (unpaired) electrons. The van der Waals surface area contributed by atoms with Gasteiger partial charge in [-0.05, 0) is 109 Å². The van der Waals surface area contributed by atoms with Crippen LogP contribution in [0.15, 0.2) is 261 Å². The zero-order valence-corrected chi connectivity index (χ0v) is 37.2. The minimum absolute atomic E-state index is 0.513. The molecule has 0 bridgehead atoms. The summed E-state index contributed by atoms with van der Waals surface area (Å²) in [6, 6.07) is 94.2. The highest BCUT2D eigenvalue weighted by molar-refractivity contribution is 5.96. The van der Waals surface area contributed by atoms with Gasteiger partial charge in [-0.15, -0.1) is 0 Å². The number of nitrogens with zero attached hydrogens (tertiary/aromatic N) is 3. The lowest BCUT2D eigenvalue weighted by atomic mass is 9.64. The van der Waals surface area contributed by atoms with Gasteiger partial charge in [0.2, 0.25) is 0 Å². The van der Waals surface area contributed by atoms with Gasteiger partial charge < -0.3 is 4.90 Å². The van der Waals surface area contributed by atoms with E-state index in [-0.39, 0.29) is 0 Å². The number of anilines is 3. The Morgan fingerprint density at radius 3 is 1.29 bits per heavy atom. The quantitative estimate of drug-likeness (QED) is 0.160. The standard InChI is InChI=1S/C65H43N3/c1-4-17-44(18-5-1)45-31-35-47(36-32-45)60-43-61(67-64(66-60)49-19-6-2-7-20-49)48-37-33-46(34-38-48)50-21-16-22-51(41-50)52-39-40-55-54-25-10-11-26-56(54)65(59(55)42-52)57-27-12-14-29-62(57)68(53-23-8-3-9-24-53)63-30-15-13-28-58(63)65/h1-43H. The monoisotopic (exact) mass is 865 g/mol. The molecule has 3 heteroatoms. The highest BCUT2D eigenvalue weighted by Gasteiger charge is 2.51. The molecule has 318 valence electrons. The van der Waals surface area contributed by atoms with Crippen LogP contribution in [0, 0.1) is 0 Å². The molecule has 1 spiro atoms. The zero-order valence-electron chi connectivity index (χ0n) is 37.2. The number of rotatable bonds is 7. The Balaban J connectivity index is 0.880. The maximum absolute atomic E-state index is 5.13. The van der Waals surface area contributed by atoms with Crippen molar-refractivity contribution in [1.29, 1.82) is 0 Å². The SMILES string of the molecule is c1ccc(-c2ccc(-c3cc(-c4ccc(-c5cccc(-c6ccc7c(c6)C6(c8ccccc8-7)c7ccccc7N(c7ccccc7)c7ccccc76)c5)cc4)nc(-c4ccccc4)n3)cc2)cc1. The number of fused-ring (bicyclic) bond motifs is 9. The summed E-state index contributed by atoms with van der Waals surface area (Å²) < 4.78 is 0. The topological polar surface area (TPSA) is 29.0 Å². The number of hydrogen-bond acceptors (Lipinski definition) is 3. The smallest absolute Gasteiger partial charge is 0.160 e. The lowest BCUT2D eigenvalue weighted by molar-refractivity contribution is 0.753. The third-order valence-electron chi connectivity index (χ3n) is 13.9. The van der Waals surface area contributed by atoms with Gasteiger partial charge in [0.1, 0.15) is 0 Å². The summed E-state index contributed by atoms with van der Waals surface area (Å²) >= 11 is 0. The van der Waals surface area contributed by atoms with Crippen LogP contribution in [0.5, 0.6) is 0 Å². The molecular formula is C65H43N3. The third kappa shape index (κ3) is 6.43. The summed E-state index contributed by atoms with van der Waals surface area (Å²) in [6.45, 7) is 0. The summed E-state index contributed by atoms with van der Waals surface area (Å²) in [4.78, 5) is 12.7. The molecule has 0 unspecified atom stereocenters. The number of para-hydroxylation sites is 3. The van der Waals surface area contributed by atoms with E-state index in [1.807, 2.05) is 24.3 Å². The van der Waals surface area contributed by atoms with Gasteiger partial charge in [0.15, 0.2) is 5.82 Å². The molecule has 0 amide bonds. The number of hydrogen-bond donors (Lipinski definition) is 0. The molecule has 2 heterocycles. The molecule has 0 saturated heterocycles. The lowest BCUT2D eigenvalue weighted by Gasteiger charge is -2.45. The first-order valence-electron chi connectivity index (χ1n) is 23.3. The molecule has 1 aliphatic heterocycles. The van der Waals surface area contributed by atoms with Crippen molar-refractivity contribution >= 4 is 17.1 Å².